The van der Waals surface area contributed by atoms with Crippen LogP contribution in [0.3, 0.4) is 0 Å². The smallest absolute Gasteiger partial charge is 0.111 e. The maximum atomic E-state index is 4.45. The molecule has 2 unspecified atom stereocenters. The first kappa shape index (κ1) is 10.7. The molecule has 1 fully saturated rings. The van der Waals surface area contributed by atoms with Gasteiger partial charge in [0.05, 0.1) is 0 Å². The van der Waals surface area contributed by atoms with Crippen molar-refractivity contribution in [3.63, 3.8) is 0 Å². The highest BCUT2D eigenvalue weighted by Crippen LogP contribution is 2.31. The molecule has 0 amide bonds. The summed E-state index contributed by atoms with van der Waals surface area (Å²) in [7, 11) is 2.06. The summed E-state index contributed by atoms with van der Waals surface area (Å²) in [6.45, 7) is 4.42. The van der Waals surface area contributed by atoms with Crippen LogP contribution in [-0.4, -0.2) is 22.6 Å². The Kier molecular flexibility index (Phi) is 3.10. The van der Waals surface area contributed by atoms with E-state index in [0.717, 1.165) is 0 Å². The van der Waals surface area contributed by atoms with E-state index in [0.29, 0.717) is 18.0 Å². The van der Waals surface area contributed by atoms with E-state index in [1.165, 1.54) is 25.1 Å². The molecule has 1 N–H and O–H groups in total. The molecule has 0 bridgehead atoms. The number of nitrogens with zero attached hydrogens (tertiary/aromatic N) is 2. The average molecular weight is 207 g/mol. The van der Waals surface area contributed by atoms with Crippen molar-refractivity contribution >= 4 is 0 Å². The Balaban J connectivity index is 2.13. The largest absolute Gasteiger partial charge is 0.332 e. The van der Waals surface area contributed by atoms with Crippen LogP contribution >= 0.6 is 0 Å². The first-order chi connectivity index (χ1) is 7.22. The molecule has 0 spiro atoms. The number of hydrogen-bond donors (Lipinski definition) is 1. The van der Waals surface area contributed by atoms with Crippen LogP contribution in [0.25, 0.3) is 0 Å². The molecule has 1 saturated carbocycles. The quantitative estimate of drug-likeness (QED) is 0.824. The maximum absolute atomic E-state index is 4.45. The molecule has 1 heterocycles. The van der Waals surface area contributed by atoms with Crippen molar-refractivity contribution in [3.05, 3.63) is 18.2 Å². The lowest BCUT2D eigenvalue weighted by Gasteiger charge is -2.17. The Morgan fingerprint density at radius 1 is 1.47 bits per heavy atom. The number of rotatable bonds is 3. The van der Waals surface area contributed by atoms with Gasteiger partial charge in [-0.1, -0.05) is 13.8 Å². The summed E-state index contributed by atoms with van der Waals surface area (Å²) in [5, 5.41) is 3.37. The molecule has 0 aliphatic heterocycles. The fourth-order valence-corrected chi connectivity index (χ4v) is 2.55. The van der Waals surface area contributed by atoms with Gasteiger partial charge in [-0.05, 0) is 26.3 Å². The summed E-state index contributed by atoms with van der Waals surface area (Å²) in [5.74, 6) is 1.75. The van der Waals surface area contributed by atoms with Gasteiger partial charge in [0, 0.05) is 30.4 Å². The van der Waals surface area contributed by atoms with Crippen LogP contribution in [0.15, 0.2) is 12.4 Å². The van der Waals surface area contributed by atoms with Crippen molar-refractivity contribution in [2.75, 3.05) is 7.05 Å². The third-order valence-corrected chi connectivity index (χ3v) is 3.42. The van der Waals surface area contributed by atoms with Crippen LogP contribution in [-0.2, 0) is 0 Å². The van der Waals surface area contributed by atoms with Gasteiger partial charge < -0.3 is 9.88 Å². The summed E-state index contributed by atoms with van der Waals surface area (Å²) < 4.78 is 2.38. The van der Waals surface area contributed by atoms with E-state index in [1.807, 2.05) is 6.20 Å². The summed E-state index contributed by atoms with van der Waals surface area (Å²) >= 11 is 0. The zero-order valence-corrected chi connectivity index (χ0v) is 9.90. The molecule has 3 nitrogen and oxygen atoms in total. The number of aromatic nitrogens is 2. The Labute approximate surface area is 91.9 Å². The molecule has 0 saturated heterocycles. The van der Waals surface area contributed by atoms with Crippen LogP contribution in [0, 0.1) is 0 Å². The second kappa shape index (κ2) is 4.35. The topological polar surface area (TPSA) is 29.9 Å². The van der Waals surface area contributed by atoms with Gasteiger partial charge in [-0.25, -0.2) is 4.98 Å². The standard InChI is InChI=1S/C12H21N3/c1-9(2)12-14-6-7-15(12)11-5-4-10(8-11)13-3/h6-7,9-11,13H,4-5,8H2,1-3H3. The summed E-state index contributed by atoms with van der Waals surface area (Å²) in [6.07, 6.45) is 7.88. The molecule has 2 rings (SSSR count). The van der Waals surface area contributed by atoms with Crippen molar-refractivity contribution in [1.29, 1.82) is 0 Å². The Morgan fingerprint density at radius 2 is 2.27 bits per heavy atom. The van der Waals surface area contributed by atoms with Gasteiger partial charge in [0.15, 0.2) is 0 Å². The Hall–Kier alpha value is -0.830. The molecule has 1 aliphatic rings. The summed E-state index contributed by atoms with van der Waals surface area (Å²) in [5.41, 5.74) is 0. The number of nitrogens with one attached hydrogen (secondary N) is 1. The van der Waals surface area contributed by atoms with Gasteiger partial charge in [-0.2, -0.15) is 0 Å². The fraction of sp³-hybridized carbons (Fsp3) is 0.750. The van der Waals surface area contributed by atoms with Crippen LogP contribution in [0.2, 0.25) is 0 Å². The minimum absolute atomic E-state index is 0.522. The molecule has 3 heteroatoms. The van der Waals surface area contributed by atoms with Gasteiger partial charge in [0.2, 0.25) is 0 Å². The van der Waals surface area contributed by atoms with E-state index in [4.69, 9.17) is 0 Å². The van der Waals surface area contributed by atoms with E-state index in [1.54, 1.807) is 0 Å². The Bertz CT molecular complexity index is 316. The lowest BCUT2D eigenvalue weighted by molar-refractivity contribution is 0.468. The fourth-order valence-electron chi connectivity index (χ4n) is 2.55. The van der Waals surface area contributed by atoms with E-state index >= 15 is 0 Å². The predicted molar refractivity (Wildman–Crippen MR) is 62.1 cm³/mol. The molecule has 84 valence electrons. The molecular weight excluding hydrogens is 186 g/mol. The van der Waals surface area contributed by atoms with Gasteiger partial charge >= 0.3 is 0 Å². The normalized spacial score (nSPS) is 26.4. The van der Waals surface area contributed by atoms with Crippen LogP contribution in [0.5, 0.6) is 0 Å². The van der Waals surface area contributed by atoms with Crippen LogP contribution in [0.1, 0.15) is 50.9 Å². The minimum atomic E-state index is 0.522. The monoisotopic (exact) mass is 207 g/mol. The third kappa shape index (κ3) is 2.07. The van der Waals surface area contributed by atoms with Gasteiger partial charge in [0.25, 0.3) is 0 Å². The highest BCUT2D eigenvalue weighted by Gasteiger charge is 2.26. The van der Waals surface area contributed by atoms with Crippen LogP contribution in [0.4, 0.5) is 0 Å². The predicted octanol–water partition coefficient (Wildman–Crippen LogP) is 2.32. The zero-order chi connectivity index (χ0) is 10.8. The molecule has 0 aromatic carbocycles. The van der Waals surface area contributed by atoms with Crippen molar-refractivity contribution in [3.8, 4) is 0 Å². The Morgan fingerprint density at radius 3 is 2.87 bits per heavy atom. The zero-order valence-electron chi connectivity index (χ0n) is 9.90. The van der Waals surface area contributed by atoms with Crippen molar-refractivity contribution in [2.45, 2.75) is 51.1 Å². The van der Waals surface area contributed by atoms with Crippen molar-refractivity contribution in [1.82, 2.24) is 14.9 Å². The van der Waals surface area contributed by atoms with E-state index in [2.05, 4.69) is 42.0 Å². The molecule has 1 aromatic rings. The van der Waals surface area contributed by atoms with Crippen molar-refractivity contribution in [2.24, 2.45) is 0 Å². The highest BCUT2D eigenvalue weighted by molar-refractivity contribution is 5.01. The SMILES string of the molecule is CNC1CCC(n2ccnc2C(C)C)C1. The first-order valence-electron chi connectivity index (χ1n) is 5.92. The summed E-state index contributed by atoms with van der Waals surface area (Å²) in [4.78, 5) is 4.45. The molecule has 0 radical (unpaired) electrons. The van der Waals surface area contributed by atoms with E-state index < -0.39 is 0 Å². The molecule has 15 heavy (non-hydrogen) atoms. The van der Waals surface area contributed by atoms with Crippen molar-refractivity contribution < 1.29 is 0 Å². The van der Waals surface area contributed by atoms with Crippen LogP contribution < -0.4 is 5.32 Å². The summed E-state index contributed by atoms with van der Waals surface area (Å²) in [6, 6.07) is 1.35. The lowest BCUT2D eigenvalue weighted by Crippen LogP contribution is -2.22. The number of hydrogen-bond acceptors (Lipinski definition) is 2. The second-order valence-electron chi connectivity index (χ2n) is 4.80. The van der Waals surface area contributed by atoms with Gasteiger partial charge in [-0.3, -0.25) is 0 Å². The molecule has 1 aliphatic carbocycles. The van der Waals surface area contributed by atoms with E-state index in [-0.39, 0.29) is 0 Å². The molecule has 1 aromatic heterocycles. The molecular formula is C12H21N3. The second-order valence-corrected chi connectivity index (χ2v) is 4.80. The average Bonchev–Trinajstić information content (AvgIpc) is 2.85. The van der Waals surface area contributed by atoms with Gasteiger partial charge in [0.1, 0.15) is 5.82 Å². The number of imidazole rings is 1. The minimum Gasteiger partial charge on any atom is -0.332 e. The third-order valence-electron chi connectivity index (χ3n) is 3.42. The maximum Gasteiger partial charge on any atom is 0.111 e. The van der Waals surface area contributed by atoms with E-state index in [9.17, 15) is 0 Å². The molecule has 2 atom stereocenters. The lowest BCUT2D eigenvalue weighted by atomic mass is 10.1. The van der Waals surface area contributed by atoms with Gasteiger partial charge in [-0.15, -0.1) is 0 Å². The first-order valence-corrected chi connectivity index (χ1v) is 5.92. The highest BCUT2D eigenvalue weighted by atomic mass is 15.1.